The fraction of sp³-hybridized carbons (Fsp3) is 0.304. The van der Waals surface area contributed by atoms with E-state index >= 15 is 0 Å². The van der Waals surface area contributed by atoms with Gasteiger partial charge in [-0.15, -0.1) is 12.4 Å². The molecule has 1 amide bonds. The van der Waals surface area contributed by atoms with Gasteiger partial charge >= 0.3 is 0 Å². The van der Waals surface area contributed by atoms with Crippen molar-refractivity contribution in [3.63, 3.8) is 0 Å². The Bertz CT molecular complexity index is 1110. The molecule has 0 spiro atoms. The molecule has 7 nitrogen and oxygen atoms in total. The zero-order valence-electron chi connectivity index (χ0n) is 17.1. The number of anilines is 1. The maximum Gasteiger partial charge on any atom is 0.237 e. The molecule has 1 fully saturated rings. The lowest BCUT2D eigenvalue weighted by molar-refractivity contribution is -0.130. The van der Waals surface area contributed by atoms with Crippen LogP contribution in [0.15, 0.2) is 48.8 Å². The van der Waals surface area contributed by atoms with Crippen LogP contribution in [0.4, 0.5) is 5.82 Å². The fourth-order valence-corrected chi connectivity index (χ4v) is 3.47. The van der Waals surface area contributed by atoms with Gasteiger partial charge in [-0.25, -0.2) is 9.97 Å². The normalized spacial score (nSPS) is 12.6. The molecule has 0 radical (unpaired) electrons. The summed E-state index contributed by atoms with van der Waals surface area (Å²) in [6.45, 7) is 1.21. The van der Waals surface area contributed by atoms with E-state index in [9.17, 15) is 4.79 Å². The second kappa shape index (κ2) is 10.2. The Hall–Kier alpha value is -3.21. The first-order valence-corrected chi connectivity index (χ1v) is 10.1. The van der Waals surface area contributed by atoms with Gasteiger partial charge in [-0.3, -0.25) is 4.79 Å². The highest BCUT2D eigenvalue weighted by molar-refractivity contribution is 5.92. The molecule has 0 unspecified atom stereocenters. The van der Waals surface area contributed by atoms with Crippen LogP contribution in [0.25, 0.3) is 22.0 Å². The molecule has 8 heteroatoms. The quantitative estimate of drug-likeness (QED) is 0.559. The lowest BCUT2D eigenvalue weighted by Gasteiger charge is -2.21. The van der Waals surface area contributed by atoms with Crippen LogP contribution >= 0.6 is 12.4 Å². The van der Waals surface area contributed by atoms with Gasteiger partial charge in [0.15, 0.2) is 0 Å². The smallest absolute Gasteiger partial charge is 0.237 e. The Kier molecular flexibility index (Phi) is 7.40. The lowest BCUT2D eigenvalue weighted by atomic mass is 10.0. The number of rotatable bonds is 8. The molecule has 0 saturated heterocycles. The van der Waals surface area contributed by atoms with Gasteiger partial charge in [-0.05, 0) is 47.7 Å². The van der Waals surface area contributed by atoms with E-state index in [4.69, 9.17) is 11.0 Å². The molecule has 1 aliphatic rings. The van der Waals surface area contributed by atoms with Gasteiger partial charge in [0.05, 0.1) is 11.6 Å². The topological polar surface area (TPSA) is 108 Å². The average molecular weight is 437 g/mol. The molecule has 1 heterocycles. The standard InChI is InChI=1S/C23H24N6O.ClH/c24-9-8-22(30)29(11-10-25)14-16-2-1-3-17(12-16)18-4-7-21-20(13-18)23(27-15-26-21)28-19-5-6-19;/h1-4,7,12-13,15,19H,5-6,8,10-11,14,25H2,(H,26,27,28);1H. The molecular weight excluding hydrogens is 412 g/mol. The number of halogens is 1. The molecule has 2 aromatic carbocycles. The molecule has 31 heavy (non-hydrogen) atoms. The first-order chi connectivity index (χ1) is 14.7. The van der Waals surface area contributed by atoms with Gasteiger partial charge in [-0.1, -0.05) is 24.3 Å². The first-order valence-electron chi connectivity index (χ1n) is 10.1. The molecule has 0 bridgehead atoms. The van der Waals surface area contributed by atoms with Crippen LogP contribution in [0, 0.1) is 11.3 Å². The van der Waals surface area contributed by atoms with Crippen LogP contribution in [-0.4, -0.2) is 39.9 Å². The predicted molar refractivity (Wildman–Crippen MR) is 124 cm³/mol. The number of fused-ring (bicyclic) bond motifs is 1. The van der Waals surface area contributed by atoms with E-state index in [1.807, 2.05) is 36.4 Å². The van der Waals surface area contributed by atoms with E-state index in [2.05, 4.69) is 27.4 Å². The third kappa shape index (κ3) is 5.48. The van der Waals surface area contributed by atoms with Crippen molar-refractivity contribution in [2.24, 2.45) is 5.73 Å². The molecule has 3 N–H and O–H groups in total. The molecule has 3 aromatic rings. The zero-order valence-corrected chi connectivity index (χ0v) is 17.9. The van der Waals surface area contributed by atoms with Crippen LogP contribution in [0.3, 0.4) is 0 Å². The van der Waals surface area contributed by atoms with Crippen molar-refractivity contribution in [3.05, 3.63) is 54.4 Å². The SMILES string of the molecule is Cl.N#CCC(=O)N(CCN)Cc1cccc(-c2ccc3ncnc(NC4CC4)c3c2)c1. The summed E-state index contributed by atoms with van der Waals surface area (Å²) in [7, 11) is 0. The average Bonchev–Trinajstić information content (AvgIpc) is 3.58. The number of nitrogens with zero attached hydrogens (tertiary/aromatic N) is 4. The number of carbonyl (C=O) groups is 1. The third-order valence-corrected chi connectivity index (χ3v) is 5.17. The van der Waals surface area contributed by atoms with Gasteiger partial charge in [0.2, 0.25) is 5.91 Å². The van der Waals surface area contributed by atoms with E-state index in [1.54, 1.807) is 11.2 Å². The van der Waals surface area contributed by atoms with Gasteiger partial charge in [0.25, 0.3) is 0 Å². The van der Waals surface area contributed by atoms with Crippen molar-refractivity contribution >= 4 is 35.0 Å². The second-order valence-electron chi connectivity index (χ2n) is 7.51. The minimum atomic E-state index is -0.202. The summed E-state index contributed by atoms with van der Waals surface area (Å²) in [6, 6.07) is 16.7. The summed E-state index contributed by atoms with van der Waals surface area (Å²) >= 11 is 0. The van der Waals surface area contributed by atoms with E-state index in [1.165, 1.54) is 12.8 Å². The summed E-state index contributed by atoms with van der Waals surface area (Å²) < 4.78 is 0. The summed E-state index contributed by atoms with van der Waals surface area (Å²) in [6.07, 6.45) is 3.81. The molecule has 1 saturated carbocycles. The highest BCUT2D eigenvalue weighted by Crippen LogP contribution is 2.30. The van der Waals surface area contributed by atoms with Crippen molar-refractivity contribution in [3.8, 4) is 17.2 Å². The molecular formula is C23H25ClN6O. The third-order valence-electron chi connectivity index (χ3n) is 5.17. The molecule has 0 aliphatic heterocycles. The van der Waals surface area contributed by atoms with Crippen LogP contribution < -0.4 is 11.1 Å². The number of benzene rings is 2. The monoisotopic (exact) mass is 436 g/mol. The Morgan fingerprint density at radius 1 is 1.19 bits per heavy atom. The summed E-state index contributed by atoms with van der Waals surface area (Å²) in [4.78, 5) is 22.6. The fourth-order valence-electron chi connectivity index (χ4n) is 3.47. The van der Waals surface area contributed by atoms with Crippen LogP contribution in [-0.2, 0) is 11.3 Å². The zero-order chi connectivity index (χ0) is 20.9. The maximum atomic E-state index is 12.2. The maximum absolute atomic E-state index is 12.2. The van der Waals surface area contributed by atoms with Gasteiger partial charge in [0, 0.05) is 31.1 Å². The Labute approximate surface area is 187 Å². The lowest BCUT2D eigenvalue weighted by Crippen LogP contribution is -2.34. The summed E-state index contributed by atoms with van der Waals surface area (Å²) in [5, 5.41) is 13.3. The van der Waals surface area contributed by atoms with E-state index in [0.29, 0.717) is 25.7 Å². The van der Waals surface area contributed by atoms with E-state index in [-0.39, 0.29) is 24.7 Å². The highest BCUT2D eigenvalue weighted by atomic mass is 35.5. The molecule has 0 atom stereocenters. The number of hydrogen-bond donors (Lipinski definition) is 2. The van der Waals surface area contributed by atoms with Crippen molar-refractivity contribution in [1.29, 1.82) is 5.26 Å². The predicted octanol–water partition coefficient (Wildman–Crippen LogP) is 3.49. The Balaban J connectivity index is 0.00000272. The number of carbonyl (C=O) groups excluding carboxylic acids is 1. The molecule has 1 aromatic heterocycles. The summed E-state index contributed by atoms with van der Waals surface area (Å²) in [5.74, 6) is 0.670. The Morgan fingerprint density at radius 2 is 2.00 bits per heavy atom. The van der Waals surface area contributed by atoms with Crippen molar-refractivity contribution in [1.82, 2.24) is 14.9 Å². The van der Waals surface area contributed by atoms with Crippen molar-refractivity contribution in [2.45, 2.75) is 31.8 Å². The largest absolute Gasteiger partial charge is 0.367 e. The first kappa shape index (κ1) is 22.5. The van der Waals surface area contributed by atoms with Gasteiger partial charge in [0.1, 0.15) is 18.6 Å². The van der Waals surface area contributed by atoms with Crippen LogP contribution in [0.1, 0.15) is 24.8 Å². The van der Waals surface area contributed by atoms with Crippen LogP contribution in [0.2, 0.25) is 0 Å². The number of hydrogen-bond acceptors (Lipinski definition) is 6. The van der Waals surface area contributed by atoms with Crippen molar-refractivity contribution in [2.75, 3.05) is 18.4 Å². The van der Waals surface area contributed by atoms with Crippen LogP contribution in [0.5, 0.6) is 0 Å². The molecule has 1 aliphatic carbocycles. The molecule has 4 rings (SSSR count). The van der Waals surface area contributed by atoms with Gasteiger partial charge < -0.3 is 16.0 Å². The Morgan fingerprint density at radius 3 is 2.74 bits per heavy atom. The van der Waals surface area contributed by atoms with Gasteiger partial charge in [-0.2, -0.15) is 5.26 Å². The number of nitrogens with two attached hydrogens (primary N) is 1. The number of nitriles is 1. The number of nitrogens with one attached hydrogen (secondary N) is 1. The second-order valence-corrected chi connectivity index (χ2v) is 7.51. The highest BCUT2D eigenvalue weighted by Gasteiger charge is 2.22. The minimum Gasteiger partial charge on any atom is -0.367 e. The minimum absolute atomic E-state index is 0. The number of aromatic nitrogens is 2. The number of amides is 1. The van der Waals surface area contributed by atoms with Crippen molar-refractivity contribution < 1.29 is 4.79 Å². The van der Waals surface area contributed by atoms with E-state index < -0.39 is 0 Å². The summed E-state index contributed by atoms with van der Waals surface area (Å²) in [5.41, 5.74) is 9.66. The molecule has 160 valence electrons. The van der Waals surface area contributed by atoms with E-state index in [0.717, 1.165) is 33.4 Å².